The van der Waals surface area contributed by atoms with Gasteiger partial charge in [-0.2, -0.15) is 0 Å². The van der Waals surface area contributed by atoms with Crippen molar-refractivity contribution >= 4 is 28.6 Å². The van der Waals surface area contributed by atoms with Gasteiger partial charge in [-0.05, 0) is 36.8 Å². The van der Waals surface area contributed by atoms with Crippen LogP contribution in [0.5, 0.6) is 0 Å². The molecule has 0 bridgehead atoms. The third-order valence-electron chi connectivity index (χ3n) is 4.27. The first-order valence-corrected chi connectivity index (χ1v) is 9.42. The highest BCUT2D eigenvalue weighted by molar-refractivity contribution is 7.99. The van der Waals surface area contributed by atoms with E-state index in [1.807, 2.05) is 25.1 Å². The maximum Gasteiger partial charge on any atom is 0.261 e. The lowest BCUT2D eigenvalue weighted by Gasteiger charge is -2.17. The van der Waals surface area contributed by atoms with E-state index in [0.717, 1.165) is 11.1 Å². The number of nitrogens with zero attached hydrogens (tertiary/aromatic N) is 3. The SMILES string of the molecule is Cc1ccc2nc(SCC(=O)N(C)Cc3ccc(F)cc3)n(C)c(=O)c2c1. The topological polar surface area (TPSA) is 55.2 Å². The molecule has 2 aromatic carbocycles. The van der Waals surface area contributed by atoms with E-state index in [-0.39, 0.29) is 23.0 Å². The highest BCUT2D eigenvalue weighted by atomic mass is 32.2. The van der Waals surface area contributed by atoms with Crippen molar-refractivity contribution in [3.05, 3.63) is 69.8 Å². The fourth-order valence-electron chi connectivity index (χ4n) is 2.68. The Balaban J connectivity index is 1.71. The van der Waals surface area contributed by atoms with E-state index in [4.69, 9.17) is 0 Å². The molecule has 140 valence electrons. The lowest BCUT2D eigenvalue weighted by atomic mass is 10.2. The van der Waals surface area contributed by atoms with Crippen molar-refractivity contribution in [2.75, 3.05) is 12.8 Å². The number of aromatic nitrogens is 2. The number of halogens is 1. The molecule has 0 aliphatic rings. The smallest absolute Gasteiger partial charge is 0.261 e. The number of rotatable bonds is 5. The van der Waals surface area contributed by atoms with Crippen LogP contribution in [0.2, 0.25) is 0 Å². The van der Waals surface area contributed by atoms with Crippen molar-refractivity contribution in [3.8, 4) is 0 Å². The summed E-state index contributed by atoms with van der Waals surface area (Å²) in [5, 5.41) is 1.07. The largest absolute Gasteiger partial charge is 0.341 e. The molecule has 0 spiro atoms. The molecule has 0 saturated heterocycles. The summed E-state index contributed by atoms with van der Waals surface area (Å²) in [6, 6.07) is 11.6. The van der Waals surface area contributed by atoms with Gasteiger partial charge in [0.05, 0.1) is 16.7 Å². The molecule has 0 N–H and O–H groups in total. The molecule has 0 saturated carbocycles. The number of benzene rings is 2. The Hall–Kier alpha value is -2.67. The molecule has 27 heavy (non-hydrogen) atoms. The highest BCUT2D eigenvalue weighted by Crippen LogP contribution is 2.18. The van der Waals surface area contributed by atoms with Crippen LogP contribution in [0, 0.1) is 12.7 Å². The van der Waals surface area contributed by atoms with Gasteiger partial charge in [0.25, 0.3) is 5.56 Å². The molecule has 0 fully saturated rings. The van der Waals surface area contributed by atoms with Gasteiger partial charge < -0.3 is 4.90 Å². The van der Waals surface area contributed by atoms with Crippen LogP contribution in [0.4, 0.5) is 4.39 Å². The summed E-state index contributed by atoms with van der Waals surface area (Å²) in [5.74, 6) is -0.237. The van der Waals surface area contributed by atoms with Gasteiger partial charge in [0, 0.05) is 20.6 Å². The second-order valence-electron chi connectivity index (χ2n) is 6.44. The summed E-state index contributed by atoms with van der Waals surface area (Å²) in [5.41, 5.74) is 2.35. The lowest BCUT2D eigenvalue weighted by Crippen LogP contribution is -2.28. The fourth-order valence-corrected chi connectivity index (χ4v) is 3.59. The van der Waals surface area contributed by atoms with Crippen LogP contribution in [-0.2, 0) is 18.4 Å². The van der Waals surface area contributed by atoms with Gasteiger partial charge >= 0.3 is 0 Å². The van der Waals surface area contributed by atoms with Gasteiger partial charge in [0.2, 0.25) is 5.91 Å². The van der Waals surface area contributed by atoms with Crippen molar-refractivity contribution in [1.29, 1.82) is 0 Å². The monoisotopic (exact) mass is 385 g/mol. The zero-order valence-corrected chi connectivity index (χ0v) is 16.2. The molecular weight excluding hydrogens is 365 g/mol. The van der Waals surface area contributed by atoms with E-state index in [0.29, 0.717) is 22.6 Å². The number of fused-ring (bicyclic) bond motifs is 1. The van der Waals surface area contributed by atoms with Gasteiger partial charge in [-0.25, -0.2) is 9.37 Å². The normalized spacial score (nSPS) is 11.0. The minimum absolute atomic E-state index is 0.0948. The molecule has 1 aromatic heterocycles. The molecule has 0 aliphatic carbocycles. The minimum atomic E-state index is -0.304. The number of aryl methyl sites for hydroxylation is 1. The van der Waals surface area contributed by atoms with Gasteiger partial charge in [-0.1, -0.05) is 35.5 Å². The Kier molecular flexibility index (Phi) is 5.60. The van der Waals surface area contributed by atoms with Crippen LogP contribution in [0.15, 0.2) is 52.4 Å². The Labute approximate surface area is 160 Å². The molecule has 0 aliphatic heterocycles. The zero-order chi connectivity index (χ0) is 19.6. The Morgan fingerprint density at radius 1 is 1.22 bits per heavy atom. The molecule has 3 aromatic rings. The quantitative estimate of drug-likeness (QED) is 0.500. The average molecular weight is 385 g/mol. The van der Waals surface area contributed by atoms with Crippen LogP contribution in [0.25, 0.3) is 10.9 Å². The van der Waals surface area contributed by atoms with E-state index in [1.54, 1.807) is 31.1 Å². The first-order valence-electron chi connectivity index (χ1n) is 8.44. The van der Waals surface area contributed by atoms with Gasteiger partial charge in [-0.15, -0.1) is 0 Å². The van der Waals surface area contributed by atoms with Crippen molar-refractivity contribution in [1.82, 2.24) is 14.5 Å². The molecule has 3 rings (SSSR count). The maximum atomic E-state index is 13.0. The van der Waals surface area contributed by atoms with Crippen molar-refractivity contribution in [3.63, 3.8) is 0 Å². The summed E-state index contributed by atoms with van der Waals surface area (Å²) in [4.78, 5) is 31.0. The van der Waals surface area contributed by atoms with Gasteiger partial charge in [0.15, 0.2) is 5.16 Å². The third kappa shape index (κ3) is 4.36. The van der Waals surface area contributed by atoms with E-state index < -0.39 is 0 Å². The van der Waals surface area contributed by atoms with E-state index in [9.17, 15) is 14.0 Å². The number of amides is 1. The van der Waals surface area contributed by atoms with Crippen molar-refractivity contribution < 1.29 is 9.18 Å². The molecule has 1 heterocycles. The molecular formula is C20H20FN3O2S. The molecule has 1 amide bonds. The van der Waals surface area contributed by atoms with E-state index >= 15 is 0 Å². The average Bonchev–Trinajstić information content (AvgIpc) is 2.65. The third-order valence-corrected chi connectivity index (χ3v) is 5.29. The molecule has 0 unspecified atom stereocenters. The second-order valence-corrected chi connectivity index (χ2v) is 7.39. The standard InChI is InChI=1S/C20H20FN3O2S/c1-13-4-9-17-16(10-13)19(26)24(3)20(22-17)27-12-18(25)23(2)11-14-5-7-15(21)8-6-14/h4-10H,11-12H2,1-3H3. The van der Waals surface area contributed by atoms with Crippen molar-refractivity contribution in [2.45, 2.75) is 18.6 Å². The Bertz CT molecular complexity index is 1050. The Morgan fingerprint density at radius 2 is 1.93 bits per heavy atom. The summed E-state index contributed by atoms with van der Waals surface area (Å²) in [6.07, 6.45) is 0. The summed E-state index contributed by atoms with van der Waals surface area (Å²) in [6.45, 7) is 2.32. The van der Waals surface area contributed by atoms with Crippen molar-refractivity contribution in [2.24, 2.45) is 7.05 Å². The van der Waals surface area contributed by atoms with E-state index in [1.165, 1.54) is 28.5 Å². The van der Waals surface area contributed by atoms with E-state index in [2.05, 4.69) is 4.98 Å². The Morgan fingerprint density at radius 3 is 2.63 bits per heavy atom. The number of hydrogen-bond donors (Lipinski definition) is 0. The first kappa shape index (κ1) is 19.1. The molecule has 5 nitrogen and oxygen atoms in total. The summed E-state index contributed by atoms with van der Waals surface area (Å²) >= 11 is 1.23. The predicted molar refractivity (Wildman–Crippen MR) is 105 cm³/mol. The highest BCUT2D eigenvalue weighted by Gasteiger charge is 2.14. The second kappa shape index (κ2) is 7.92. The van der Waals surface area contributed by atoms with Crippen LogP contribution >= 0.6 is 11.8 Å². The molecule has 0 atom stereocenters. The van der Waals surface area contributed by atoms with Crippen LogP contribution in [-0.4, -0.2) is 33.2 Å². The van der Waals surface area contributed by atoms with Gasteiger partial charge in [-0.3, -0.25) is 14.2 Å². The molecule has 0 radical (unpaired) electrons. The number of carbonyl (C=O) groups is 1. The number of thioether (sulfide) groups is 1. The van der Waals surface area contributed by atoms with Crippen LogP contribution in [0.3, 0.4) is 0 Å². The fraction of sp³-hybridized carbons (Fsp3) is 0.250. The maximum absolute atomic E-state index is 13.0. The molecule has 7 heteroatoms. The lowest BCUT2D eigenvalue weighted by molar-refractivity contribution is -0.127. The summed E-state index contributed by atoms with van der Waals surface area (Å²) < 4.78 is 14.4. The number of hydrogen-bond acceptors (Lipinski definition) is 4. The van der Waals surface area contributed by atoms with Crippen LogP contribution < -0.4 is 5.56 Å². The number of carbonyl (C=O) groups excluding carboxylic acids is 1. The minimum Gasteiger partial charge on any atom is -0.341 e. The summed E-state index contributed by atoms with van der Waals surface area (Å²) in [7, 11) is 3.36. The van der Waals surface area contributed by atoms with Crippen LogP contribution in [0.1, 0.15) is 11.1 Å². The predicted octanol–water partition coefficient (Wildman–Crippen LogP) is 3.13. The van der Waals surface area contributed by atoms with Gasteiger partial charge in [0.1, 0.15) is 5.82 Å². The first-order chi connectivity index (χ1) is 12.8. The zero-order valence-electron chi connectivity index (χ0n) is 15.4.